The Balaban J connectivity index is 1.67. The van der Waals surface area contributed by atoms with E-state index in [4.69, 9.17) is 0 Å². The van der Waals surface area contributed by atoms with Gasteiger partial charge in [0.25, 0.3) is 11.8 Å². The molecule has 0 saturated carbocycles. The van der Waals surface area contributed by atoms with Crippen LogP contribution in [0.1, 0.15) is 29.3 Å². The quantitative estimate of drug-likeness (QED) is 0.473. The van der Waals surface area contributed by atoms with E-state index in [9.17, 15) is 19.6 Å². The topological polar surface area (TPSA) is 105 Å². The largest absolute Gasteiger partial charge is 0.619 e. The first-order chi connectivity index (χ1) is 12.4. The Morgan fingerprint density at radius 2 is 1.85 bits per heavy atom. The number of rotatable bonds is 5. The van der Waals surface area contributed by atoms with Gasteiger partial charge in [-0.2, -0.15) is 9.74 Å². The first-order valence-electron chi connectivity index (χ1n) is 8.09. The second-order valence-electron chi connectivity index (χ2n) is 6.28. The summed E-state index contributed by atoms with van der Waals surface area (Å²) in [6.45, 7) is 1.63. The summed E-state index contributed by atoms with van der Waals surface area (Å²) < 4.78 is 0.533. The molecule has 1 aromatic carbocycles. The number of nitrogens with zero attached hydrogens (tertiary/aromatic N) is 2. The van der Waals surface area contributed by atoms with E-state index in [1.807, 2.05) is 30.3 Å². The number of benzene rings is 1. The molecule has 1 unspecified atom stereocenters. The maximum Gasteiger partial charge on any atom is 0.344 e. The molecule has 2 aromatic rings. The lowest BCUT2D eigenvalue weighted by molar-refractivity contribution is -0.605. The summed E-state index contributed by atoms with van der Waals surface area (Å²) in [6, 6.07) is 11.5. The van der Waals surface area contributed by atoms with E-state index in [0.717, 1.165) is 18.0 Å². The van der Waals surface area contributed by atoms with Crippen LogP contribution in [0.3, 0.4) is 0 Å². The minimum absolute atomic E-state index is 0.163. The van der Waals surface area contributed by atoms with Crippen LogP contribution < -0.4 is 15.5 Å². The third-order valence-electron chi connectivity index (χ3n) is 4.30. The molecule has 1 aliphatic rings. The summed E-state index contributed by atoms with van der Waals surface area (Å²) in [5.74, 6) is -1.18. The van der Waals surface area contributed by atoms with Crippen LogP contribution in [0, 0.1) is 5.21 Å². The molecule has 0 aliphatic carbocycles. The molecule has 134 valence electrons. The number of carbonyl (C=O) groups is 3. The first-order valence-corrected chi connectivity index (χ1v) is 8.09. The Bertz CT molecular complexity index is 838. The lowest BCUT2D eigenvalue weighted by Gasteiger charge is -2.21. The van der Waals surface area contributed by atoms with Crippen molar-refractivity contribution in [2.75, 3.05) is 0 Å². The standard InChI is InChI=1S/C18H18N4O4/c1-18(10-7-13-5-3-2-4-6-13)16(24)22(17(25)19-18)20-15(23)14-8-11-21(26)12-9-14/h2-6,8-9,11-12H,7,10H2,1H3,(H,19,25)(H,20,23). The lowest BCUT2D eigenvalue weighted by Crippen LogP contribution is -2.49. The monoisotopic (exact) mass is 354 g/mol. The molecule has 1 fully saturated rings. The van der Waals surface area contributed by atoms with Crippen LogP contribution in [-0.4, -0.2) is 28.4 Å². The maximum absolute atomic E-state index is 12.7. The van der Waals surface area contributed by atoms with Gasteiger partial charge in [-0.15, -0.1) is 0 Å². The Hall–Kier alpha value is -3.42. The van der Waals surface area contributed by atoms with Crippen molar-refractivity contribution < 1.29 is 19.1 Å². The van der Waals surface area contributed by atoms with Crippen molar-refractivity contribution in [3.8, 4) is 0 Å². The van der Waals surface area contributed by atoms with Gasteiger partial charge < -0.3 is 10.5 Å². The van der Waals surface area contributed by atoms with Gasteiger partial charge in [0, 0.05) is 12.1 Å². The third kappa shape index (κ3) is 3.49. The van der Waals surface area contributed by atoms with Gasteiger partial charge >= 0.3 is 6.03 Å². The van der Waals surface area contributed by atoms with Gasteiger partial charge in [0.15, 0.2) is 12.4 Å². The van der Waals surface area contributed by atoms with Gasteiger partial charge in [0.2, 0.25) is 0 Å². The number of nitrogens with one attached hydrogen (secondary N) is 2. The molecule has 1 atom stereocenters. The van der Waals surface area contributed by atoms with Crippen molar-refractivity contribution in [3.63, 3.8) is 0 Å². The molecular weight excluding hydrogens is 336 g/mol. The fourth-order valence-corrected chi connectivity index (χ4v) is 2.72. The van der Waals surface area contributed by atoms with Crippen LogP contribution in [0.2, 0.25) is 0 Å². The molecule has 1 aromatic heterocycles. The van der Waals surface area contributed by atoms with Crippen LogP contribution in [-0.2, 0) is 11.2 Å². The zero-order valence-corrected chi connectivity index (χ0v) is 14.1. The van der Waals surface area contributed by atoms with E-state index in [1.165, 1.54) is 12.1 Å². The number of hydrogen-bond acceptors (Lipinski definition) is 4. The number of hydrogen-bond donors (Lipinski definition) is 2. The lowest BCUT2D eigenvalue weighted by atomic mass is 9.93. The summed E-state index contributed by atoms with van der Waals surface area (Å²) in [6.07, 6.45) is 3.32. The molecule has 2 N–H and O–H groups in total. The third-order valence-corrected chi connectivity index (χ3v) is 4.30. The SMILES string of the molecule is CC1(CCc2ccccc2)NC(=O)N(NC(=O)c2cc[n+]([O-])cc2)C1=O. The second-order valence-corrected chi connectivity index (χ2v) is 6.28. The molecule has 0 bridgehead atoms. The van der Waals surface area contributed by atoms with Crippen molar-refractivity contribution in [1.82, 2.24) is 15.8 Å². The number of pyridine rings is 1. The molecule has 2 heterocycles. The molecular formula is C18H18N4O4. The summed E-state index contributed by atoms with van der Waals surface area (Å²) in [5.41, 5.74) is 2.40. The molecule has 26 heavy (non-hydrogen) atoms. The van der Waals surface area contributed by atoms with E-state index >= 15 is 0 Å². The van der Waals surface area contributed by atoms with Gasteiger partial charge in [0.1, 0.15) is 5.54 Å². The highest BCUT2D eigenvalue weighted by atomic mass is 16.5. The molecule has 0 spiro atoms. The highest BCUT2D eigenvalue weighted by molar-refractivity contribution is 6.09. The van der Waals surface area contributed by atoms with Crippen molar-refractivity contribution in [2.45, 2.75) is 25.3 Å². The summed E-state index contributed by atoms with van der Waals surface area (Å²) in [5, 5.41) is 14.3. The Labute approximate surface area is 150 Å². The molecule has 8 nitrogen and oxygen atoms in total. The highest BCUT2D eigenvalue weighted by Crippen LogP contribution is 2.22. The molecule has 4 amide bonds. The Morgan fingerprint density at radius 1 is 1.19 bits per heavy atom. The van der Waals surface area contributed by atoms with E-state index in [1.54, 1.807) is 6.92 Å². The zero-order valence-electron chi connectivity index (χ0n) is 14.1. The van der Waals surface area contributed by atoms with Gasteiger partial charge in [-0.25, -0.2) is 4.79 Å². The molecule has 0 radical (unpaired) electrons. The van der Waals surface area contributed by atoms with Crippen LogP contribution in [0.25, 0.3) is 0 Å². The van der Waals surface area contributed by atoms with Gasteiger partial charge in [-0.3, -0.25) is 15.0 Å². The van der Waals surface area contributed by atoms with Crippen molar-refractivity contribution in [3.05, 3.63) is 71.2 Å². The smallest absolute Gasteiger partial charge is 0.344 e. The predicted octanol–water partition coefficient (Wildman–Crippen LogP) is 0.908. The molecule has 3 rings (SSSR count). The number of carbonyl (C=O) groups excluding carboxylic acids is 3. The van der Waals surface area contributed by atoms with Gasteiger partial charge in [0.05, 0.1) is 5.56 Å². The summed E-state index contributed by atoms with van der Waals surface area (Å²) >= 11 is 0. The zero-order chi connectivity index (χ0) is 18.7. The molecule has 8 heteroatoms. The number of imide groups is 1. The van der Waals surface area contributed by atoms with E-state index in [0.29, 0.717) is 22.6 Å². The normalized spacial score (nSPS) is 19.3. The summed E-state index contributed by atoms with van der Waals surface area (Å²) in [7, 11) is 0. The number of amides is 4. The summed E-state index contributed by atoms with van der Waals surface area (Å²) in [4.78, 5) is 37.0. The Kier molecular flexibility index (Phi) is 4.57. The first kappa shape index (κ1) is 17.4. The number of urea groups is 1. The van der Waals surface area contributed by atoms with Crippen molar-refractivity contribution in [1.29, 1.82) is 0 Å². The van der Waals surface area contributed by atoms with Crippen LogP contribution in [0.4, 0.5) is 4.79 Å². The van der Waals surface area contributed by atoms with Gasteiger partial charge in [-0.05, 0) is 25.3 Å². The van der Waals surface area contributed by atoms with Crippen molar-refractivity contribution >= 4 is 17.8 Å². The average molecular weight is 354 g/mol. The fraction of sp³-hybridized carbons (Fsp3) is 0.222. The van der Waals surface area contributed by atoms with Gasteiger partial charge in [-0.1, -0.05) is 30.3 Å². The average Bonchev–Trinajstić information content (AvgIpc) is 2.85. The second kappa shape index (κ2) is 6.83. The minimum atomic E-state index is -1.10. The van der Waals surface area contributed by atoms with E-state index in [-0.39, 0.29) is 5.56 Å². The maximum atomic E-state index is 12.7. The van der Waals surface area contributed by atoms with Crippen molar-refractivity contribution in [2.24, 2.45) is 0 Å². The number of hydrazine groups is 1. The Morgan fingerprint density at radius 3 is 2.50 bits per heavy atom. The van der Waals surface area contributed by atoms with Crippen LogP contribution in [0.5, 0.6) is 0 Å². The fourth-order valence-electron chi connectivity index (χ4n) is 2.72. The van der Waals surface area contributed by atoms with E-state index < -0.39 is 23.4 Å². The van der Waals surface area contributed by atoms with E-state index in [2.05, 4.69) is 10.7 Å². The molecule has 1 aliphatic heterocycles. The predicted molar refractivity (Wildman–Crippen MR) is 91.4 cm³/mol. The number of aromatic nitrogens is 1. The van der Waals surface area contributed by atoms with Crippen LogP contribution in [0.15, 0.2) is 54.9 Å². The van der Waals surface area contributed by atoms with Crippen LogP contribution >= 0.6 is 0 Å². The highest BCUT2D eigenvalue weighted by Gasteiger charge is 2.48. The molecule has 1 saturated heterocycles. The minimum Gasteiger partial charge on any atom is -0.619 e. The number of aryl methyl sites for hydroxylation is 1.